The molecule has 0 amide bonds. The zero-order valence-electron chi connectivity index (χ0n) is 10.3. The van der Waals surface area contributed by atoms with Gasteiger partial charge in [-0.05, 0) is 12.8 Å². The highest BCUT2D eigenvalue weighted by Gasteiger charge is 2.32. The van der Waals surface area contributed by atoms with Gasteiger partial charge in [-0.25, -0.2) is 13.1 Å². The fourth-order valence-corrected chi connectivity index (χ4v) is 4.33. The molecular formula is C11H17ClN2O3S. The van der Waals surface area contributed by atoms with Gasteiger partial charge in [-0.2, -0.15) is 5.10 Å². The van der Waals surface area contributed by atoms with Gasteiger partial charge < -0.3 is 5.11 Å². The van der Waals surface area contributed by atoms with Crippen LogP contribution in [-0.4, -0.2) is 34.8 Å². The van der Waals surface area contributed by atoms with Crippen molar-refractivity contribution in [2.75, 3.05) is 11.5 Å². The van der Waals surface area contributed by atoms with Crippen molar-refractivity contribution in [3.05, 3.63) is 16.4 Å². The molecule has 1 aliphatic heterocycles. The molecule has 5 nitrogen and oxygen atoms in total. The second-order valence-electron chi connectivity index (χ2n) is 4.63. The molecule has 1 unspecified atom stereocenters. The van der Waals surface area contributed by atoms with Gasteiger partial charge in [0.2, 0.25) is 0 Å². The highest BCUT2D eigenvalue weighted by atomic mass is 35.5. The number of aliphatic hydroxyl groups excluding tert-OH is 1. The van der Waals surface area contributed by atoms with Gasteiger partial charge >= 0.3 is 0 Å². The standard InChI is InChI=1S/C11H17ClN2O3S/c1-2-3-10-9(6-15)11(12)14(13-10)8-4-5-18(16,17)7-8/h8,15H,2-7H2,1H3. The van der Waals surface area contributed by atoms with E-state index in [0.717, 1.165) is 18.5 Å². The van der Waals surface area contributed by atoms with E-state index in [2.05, 4.69) is 5.10 Å². The fourth-order valence-electron chi connectivity index (χ4n) is 2.30. The van der Waals surface area contributed by atoms with E-state index in [1.165, 1.54) is 0 Å². The number of hydrogen-bond acceptors (Lipinski definition) is 4. The molecule has 18 heavy (non-hydrogen) atoms. The third-order valence-corrected chi connectivity index (χ3v) is 5.38. The molecule has 2 rings (SSSR count). The SMILES string of the molecule is CCCc1nn(C2CCS(=O)(=O)C2)c(Cl)c1CO. The number of aliphatic hydroxyl groups is 1. The molecule has 1 aromatic heterocycles. The Balaban J connectivity index is 2.34. The van der Waals surface area contributed by atoms with Crippen LogP contribution in [0.4, 0.5) is 0 Å². The maximum atomic E-state index is 11.5. The first kappa shape index (κ1) is 13.8. The smallest absolute Gasteiger partial charge is 0.152 e. The number of sulfone groups is 1. The second-order valence-corrected chi connectivity index (χ2v) is 7.21. The van der Waals surface area contributed by atoms with Crippen LogP contribution in [0, 0.1) is 0 Å². The van der Waals surface area contributed by atoms with E-state index in [-0.39, 0.29) is 24.2 Å². The van der Waals surface area contributed by atoms with Crippen molar-refractivity contribution in [3.8, 4) is 0 Å². The Bertz CT molecular complexity index is 539. The highest BCUT2D eigenvalue weighted by Crippen LogP contribution is 2.30. The van der Waals surface area contributed by atoms with E-state index >= 15 is 0 Å². The first-order valence-corrected chi connectivity index (χ1v) is 8.25. The molecule has 1 fully saturated rings. The van der Waals surface area contributed by atoms with Crippen molar-refractivity contribution >= 4 is 21.4 Å². The molecular weight excluding hydrogens is 276 g/mol. The number of aromatic nitrogens is 2. The Hall–Kier alpha value is -0.590. The largest absolute Gasteiger partial charge is 0.391 e. The van der Waals surface area contributed by atoms with Crippen LogP contribution in [0.25, 0.3) is 0 Å². The molecule has 1 N–H and O–H groups in total. The van der Waals surface area contributed by atoms with Crippen molar-refractivity contribution in [2.45, 2.75) is 38.8 Å². The van der Waals surface area contributed by atoms with Gasteiger partial charge in [0.05, 0.1) is 29.8 Å². The van der Waals surface area contributed by atoms with Crippen LogP contribution in [0.5, 0.6) is 0 Å². The molecule has 2 heterocycles. The average molecular weight is 293 g/mol. The number of rotatable bonds is 4. The van der Waals surface area contributed by atoms with Crippen LogP contribution >= 0.6 is 11.6 Å². The number of halogens is 1. The van der Waals surface area contributed by atoms with Crippen LogP contribution in [0.15, 0.2) is 0 Å². The molecule has 1 saturated heterocycles. The minimum absolute atomic E-state index is 0.0881. The first-order valence-electron chi connectivity index (χ1n) is 6.05. The molecule has 0 aliphatic carbocycles. The summed E-state index contributed by atoms with van der Waals surface area (Å²) in [5, 5.41) is 14.1. The monoisotopic (exact) mass is 292 g/mol. The Morgan fingerprint density at radius 2 is 2.28 bits per heavy atom. The van der Waals surface area contributed by atoms with Gasteiger partial charge in [0.25, 0.3) is 0 Å². The third kappa shape index (κ3) is 2.55. The van der Waals surface area contributed by atoms with Crippen molar-refractivity contribution in [1.29, 1.82) is 0 Å². The van der Waals surface area contributed by atoms with Gasteiger partial charge in [-0.1, -0.05) is 24.9 Å². The molecule has 0 bridgehead atoms. The van der Waals surface area contributed by atoms with E-state index < -0.39 is 9.84 Å². The molecule has 1 aromatic rings. The lowest BCUT2D eigenvalue weighted by molar-refractivity contribution is 0.280. The predicted molar refractivity (Wildman–Crippen MR) is 69.5 cm³/mol. The topological polar surface area (TPSA) is 72.2 Å². The minimum Gasteiger partial charge on any atom is -0.391 e. The summed E-state index contributed by atoms with van der Waals surface area (Å²) in [5.41, 5.74) is 1.40. The quantitative estimate of drug-likeness (QED) is 0.909. The number of hydrogen-bond donors (Lipinski definition) is 1. The predicted octanol–water partition coefficient (Wildman–Crippen LogP) is 1.34. The van der Waals surface area contributed by atoms with E-state index in [0.29, 0.717) is 17.1 Å². The Morgan fingerprint density at radius 1 is 1.56 bits per heavy atom. The molecule has 7 heteroatoms. The Kier molecular flexibility index (Phi) is 3.99. The molecule has 1 atom stereocenters. The van der Waals surface area contributed by atoms with E-state index in [9.17, 15) is 13.5 Å². The zero-order chi connectivity index (χ0) is 13.3. The summed E-state index contributed by atoms with van der Waals surface area (Å²) in [6, 6.07) is -0.196. The Labute approximate surface area is 112 Å². The zero-order valence-corrected chi connectivity index (χ0v) is 11.8. The fraction of sp³-hybridized carbons (Fsp3) is 0.727. The molecule has 0 radical (unpaired) electrons. The van der Waals surface area contributed by atoms with Gasteiger partial charge in [0.15, 0.2) is 9.84 Å². The van der Waals surface area contributed by atoms with E-state index in [1.54, 1.807) is 4.68 Å². The first-order chi connectivity index (χ1) is 8.48. The van der Waals surface area contributed by atoms with Crippen molar-refractivity contribution in [2.24, 2.45) is 0 Å². The van der Waals surface area contributed by atoms with Crippen LogP contribution in [0.2, 0.25) is 5.15 Å². The van der Waals surface area contributed by atoms with Crippen molar-refractivity contribution in [1.82, 2.24) is 9.78 Å². The van der Waals surface area contributed by atoms with Crippen LogP contribution in [-0.2, 0) is 22.9 Å². The summed E-state index contributed by atoms with van der Waals surface area (Å²) >= 11 is 6.18. The van der Waals surface area contributed by atoms with Crippen molar-refractivity contribution in [3.63, 3.8) is 0 Å². The van der Waals surface area contributed by atoms with Crippen LogP contribution < -0.4 is 0 Å². The Morgan fingerprint density at radius 3 is 2.78 bits per heavy atom. The van der Waals surface area contributed by atoms with Gasteiger partial charge in [0.1, 0.15) is 5.15 Å². The van der Waals surface area contributed by atoms with Gasteiger partial charge in [-0.3, -0.25) is 0 Å². The lowest BCUT2D eigenvalue weighted by Crippen LogP contribution is -2.12. The van der Waals surface area contributed by atoms with Crippen molar-refractivity contribution < 1.29 is 13.5 Å². The molecule has 1 aliphatic rings. The van der Waals surface area contributed by atoms with E-state index in [4.69, 9.17) is 11.6 Å². The highest BCUT2D eigenvalue weighted by molar-refractivity contribution is 7.91. The normalized spacial score (nSPS) is 22.5. The maximum Gasteiger partial charge on any atom is 0.152 e. The maximum absolute atomic E-state index is 11.5. The molecule has 0 saturated carbocycles. The lowest BCUT2D eigenvalue weighted by atomic mass is 10.2. The minimum atomic E-state index is -2.96. The lowest BCUT2D eigenvalue weighted by Gasteiger charge is -2.09. The second kappa shape index (κ2) is 5.19. The summed E-state index contributed by atoms with van der Waals surface area (Å²) in [7, 11) is -2.96. The van der Waals surface area contributed by atoms with E-state index in [1.807, 2.05) is 6.92 Å². The molecule has 102 valence electrons. The number of aryl methyl sites for hydroxylation is 1. The third-order valence-electron chi connectivity index (χ3n) is 3.23. The molecule has 0 spiro atoms. The average Bonchev–Trinajstić information content (AvgIpc) is 2.80. The van der Waals surface area contributed by atoms with Gasteiger partial charge in [0, 0.05) is 5.56 Å². The summed E-state index contributed by atoms with van der Waals surface area (Å²) < 4.78 is 24.5. The summed E-state index contributed by atoms with van der Waals surface area (Å²) in [6.45, 7) is 1.86. The van der Waals surface area contributed by atoms with Gasteiger partial charge in [-0.15, -0.1) is 0 Å². The molecule has 0 aromatic carbocycles. The number of nitrogens with zero attached hydrogens (tertiary/aromatic N) is 2. The summed E-state index contributed by atoms with van der Waals surface area (Å²) in [6.07, 6.45) is 2.19. The summed E-state index contributed by atoms with van der Waals surface area (Å²) in [5.74, 6) is 0.274. The summed E-state index contributed by atoms with van der Waals surface area (Å²) in [4.78, 5) is 0. The van der Waals surface area contributed by atoms with Crippen LogP contribution in [0.1, 0.15) is 37.1 Å². The van der Waals surface area contributed by atoms with Crippen LogP contribution in [0.3, 0.4) is 0 Å².